The number of carbonyl (C=O) groups is 6. The van der Waals surface area contributed by atoms with Crippen LogP contribution in [-0.4, -0.2) is 133 Å². The van der Waals surface area contributed by atoms with Gasteiger partial charge in [-0.25, -0.2) is 9.07 Å². The average molecular weight is 1090 g/mol. The number of benzene rings is 4. The molecular formula is C58H65FN8O12. The topological polar surface area (TPSA) is 266 Å². The van der Waals surface area contributed by atoms with Crippen molar-refractivity contribution in [3.63, 3.8) is 0 Å². The number of aliphatic hydroxyl groups excluding tert-OH is 2. The lowest BCUT2D eigenvalue weighted by molar-refractivity contribution is -0.140. The van der Waals surface area contributed by atoms with Crippen LogP contribution in [0.15, 0.2) is 103 Å². The van der Waals surface area contributed by atoms with E-state index in [9.17, 15) is 48.5 Å². The van der Waals surface area contributed by atoms with Gasteiger partial charge in [0.25, 0.3) is 17.7 Å². The number of carboxylic acids is 1. The highest BCUT2D eigenvalue weighted by atomic mass is 19.1. The van der Waals surface area contributed by atoms with Crippen molar-refractivity contribution in [2.24, 2.45) is 0 Å². The van der Waals surface area contributed by atoms with E-state index < -0.39 is 60.1 Å². The molecule has 0 saturated carbocycles. The van der Waals surface area contributed by atoms with Gasteiger partial charge in [0, 0.05) is 48.3 Å². The van der Waals surface area contributed by atoms with E-state index in [1.165, 1.54) is 12.1 Å². The van der Waals surface area contributed by atoms with Crippen LogP contribution in [0, 0.1) is 5.82 Å². The molecule has 0 radical (unpaired) electrons. The van der Waals surface area contributed by atoms with Crippen molar-refractivity contribution in [1.82, 2.24) is 29.8 Å². The molecule has 8 rings (SSSR count). The van der Waals surface area contributed by atoms with Crippen LogP contribution in [0.25, 0.3) is 22.4 Å². The van der Waals surface area contributed by atoms with Gasteiger partial charge in [0.2, 0.25) is 11.8 Å². The highest BCUT2D eigenvalue weighted by Gasteiger charge is 2.45. The summed E-state index contributed by atoms with van der Waals surface area (Å²) in [6.45, 7) is 6.67. The number of amides is 5. The molecular weight excluding hydrogens is 1020 g/mol. The van der Waals surface area contributed by atoms with Crippen LogP contribution >= 0.6 is 0 Å². The van der Waals surface area contributed by atoms with Crippen LogP contribution in [0.4, 0.5) is 15.8 Å². The second kappa shape index (κ2) is 27.0. The number of aliphatic hydroxyl groups is 2. The highest BCUT2D eigenvalue weighted by molar-refractivity contribution is 6.25. The number of aromatic nitrogens is 4. The maximum Gasteiger partial charge on any atom is 0.305 e. The van der Waals surface area contributed by atoms with Crippen molar-refractivity contribution in [3.8, 4) is 28.1 Å². The molecule has 1 unspecified atom stereocenters. The number of nitrogens with zero attached hydrogens (tertiary/aromatic N) is 5. The molecule has 0 spiro atoms. The Morgan fingerprint density at radius 2 is 1.58 bits per heavy atom. The van der Waals surface area contributed by atoms with Gasteiger partial charge in [0.1, 0.15) is 17.6 Å². The number of carbonyl (C=O) groups excluding carboxylic acids is 5. The molecule has 416 valence electrons. The summed E-state index contributed by atoms with van der Waals surface area (Å²) in [5, 5.41) is 47.5. The molecule has 2 aliphatic heterocycles. The fraction of sp³-hybridized carbons (Fsp3) is 0.379. The van der Waals surface area contributed by atoms with Crippen LogP contribution in [0.3, 0.4) is 0 Å². The van der Waals surface area contributed by atoms with Gasteiger partial charge in [0.05, 0.1) is 86.3 Å². The number of anilines is 2. The molecule has 2 aliphatic rings. The number of ether oxygens (including phenoxy) is 3. The summed E-state index contributed by atoms with van der Waals surface area (Å²) in [5.74, 6) is -3.89. The Kier molecular flexibility index (Phi) is 19.5. The zero-order valence-corrected chi connectivity index (χ0v) is 44.1. The first-order valence-corrected chi connectivity index (χ1v) is 26.5. The van der Waals surface area contributed by atoms with Crippen LogP contribution < -0.4 is 20.7 Å². The largest absolute Gasteiger partial charge is 0.494 e. The summed E-state index contributed by atoms with van der Waals surface area (Å²) in [5.41, 5.74) is 5.79. The van der Waals surface area contributed by atoms with Crippen molar-refractivity contribution >= 4 is 46.9 Å². The maximum atomic E-state index is 14.7. The summed E-state index contributed by atoms with van der Waals surface area (Å²) in [6, 6.07) is 26.4. The van der Waals surface area contributed by atoms with Gasteiger partial charge >= 0.3 is 5.97 Å². The fourth-order valence-electron chi connectivity index (χ4n) is 9.90. The molecule has 4 aromatic carbocycles. The highest BCUT2D eigenvalue weighted by Crippen LogP contribution is 2.44. The van der Waals surface area contributed by atoms with Gasteiger partial charge in [-0.15, -0.1) is 5.10 Å². The van der Waals surface area contributed by atoms with Crippen LogP contribution in [0.1, 0.15) is 107 Å². The molecule has 1 fully saturated rings. The molecule has 2 aromatic heterocycles. The van der Waals surface area contributed by atoms with Crippen molar-refractivity contribution in [1.29, 1.82) is 0 Å². The standard InChI is InChI=1S/C58H65FN8O12/c1-36(2)53-52(56(74)61-40-11-4-3-5-12-40)50(54(37-17-19-39(59)20-18-37)66(53)25-23-42(68)33-43(69)34-49(71)72)38-10-8-14-44(32-38)79-27-7-6-13-41-35-65(64-63-41)26-29-78-31-30-77-28-24-60-46-16-9-15-45-51(46)58(76)67(57(45)75)47-21-22-48(70)62-55(47)73/h3-5,8-12,14-20,32,35-36,42-43,47,60,68-69H,6-7,13,21-31,33-34H2,1-2H3,(H,61,74)(H,71,72)(H,62,70,73)/t42-,43-,47?/m1/s1. The minimum atomic E-state index is -1.25. The quantitative estimate of drug-likeness (QED) is 0.0207. The molecule has 1 saturated heterocycles. The second-order valence-electron chi connectivity index (χ2n) is 19.7. The number of carboxylic acid groups (broad SMARTS) is 1. The number of hydrogen-bond acceptors (Lipinski definition) is 14. The molecule has 6 N–H and O–H groups in total. The van der Waals surface area contributed by atoms with Gasteiger partial charge in [-0.05, 0) is 116 Å². The summed E-state index contributed by atoms with van der Waals surface area (Å²) >= 11 is 0. The van der Waals surface area contributed by atoms with E-state index >= 15 is 0 Å². The first-order valence-electron chi connectivity index (χ1n) is 26.5. The van der Waals surface area contributed by atoms with E-state index in [4.69, 9.17) is 14.2 Å². The lowest BCUT2D eigenvalue weighted by Crippen LogP contribution is -2.54. The maximum absolute atomic E-state index is 14.7. The molecule has 5 amide bonds. The van der Waals surface area contributed by atoms with Crippen LogP contribution in [0.5, 0.6) is 5.75 Å². The number of unbranched alkanes of at least 4 members (excludes halogenated alkanes) is 1. The van der Waals surface area contributed by atoms with Gasteiger partial charge in [-0.2, -0.15) is 0 Å². The molecule has 0 bridgehead atoms. The number of halogens is 1. The van der Waals surface area contributed by atoms with E-state index in [0.29, 0.717) is 110 Å². The summed E-state index contributed by atoms with van der Waals surface area (Å²) in [7, 11) is 0. The van der Waals surface area contributed by atoms with Crippen molar-refractivity contribution in [3.05, 3.63) is 137 Å². The molecule has 3 atom stereocenters. The number of nitrogens with one attached hydrogen (secondary N) is 3. The van der Waals surface area contributed by atoms with Crippen LogP contribution in [0.2, 0.25) is 0 Å². The molecule has 6 aromatic rings. The Morgan fingerprint density at radius 3 is 2.33 bits per heavy atom. The number of para-hydroxylation sites is 1. The van der Waals surface area contributed by atoms with Crippen molar-refractivity contribution in [2.45, 2.75) is 102 Å². The molecule has 79 heavy (non-hydrogen) atoms. The SMILES string of the molecule is CC(C)c1c(C(=O)Nc2ccccc2)c(-c2cccc(OCCCCc3cn(CCOCCOCCNc4cccc5c4C(=O)N(C4CCC(=O)NC4=O)C5=O)nn3)c2)c(-c2ccc(F)cc2)n1CC[C@@H](O)C[C@@H](O)CC(=O)O. The third-order valence-corrected chi connectivity index (χ3v) is 13.5. The first kappa shape index (κ1) is 57.1. The zero-order valence-electron chi connectivity index (χ0n) is 44.1. The predicted molar refractivity (Wildman–Crippen MR) is 289 cm³/mol. The minimum Gasteiger partial charge on any atom is -0.494 e. The minimum absolute atomic E-state index is 0.0404. The summed E-state index contributed by atoms with van der Waals surface area (Å²) in [6.07, 6.45) is 1.29. The Labute approximate surface area is 455 Å². The predicted octanol–water partition coefficient (Wildman–Crippen LogP) is 6.85. The third-order valence-electron chi connectivity index (χ3n) is 13.5. The van der Waals surface area contributed by atoms with E-state index in [1.54, 1.807) is 47.1 Å². The smallest absolute Gasteiger partial charge is 0.305 e. The molecule has 21 heteroatoms. The number of fused-ring (bicyclic) bond motifs is 1. The number of aryl methyl sites for hydroxylation is 1. The fourth-order valence-corrected chi connectivity index (χ4v) is 9.90. The molecule has 0 aliphatic carbocycles. The van der Waals surface area contributed by atoms with Crippen LogP contribution in [-0.2, 0) is 43.4 Å². The van der Waals surface area contributed by atoms with Crippen molar-refractivity contribution < 1.29 is 62.7 Å². The Morgan fingerprint density at radius 1 is 0.823 bits per heavy atom. The lowest BCUT2D eigenvalue weighted by atomic mass is 9.94. The summed E-state index contributed by atoms with van der Waals surface area (Å²) < 4.78 is 35.9. The van der Waals surface area contributed by atoms with Crippen molar-refractivity contribution in [2.75, 3.05) is 50.2 Å². The van der Waals surface area contributed by atoms with E-state index in [1.807, 2.05) is 67.1 Å². The van der Waals surface area contributed by atoms with E-state index in [0.717, 1.165) is 17.0 Å². The van der Waals surface area contributed by atoms with E-state index in [2.05, 4.69) is 26.3 Å². The Balaban J connectivity index is 0.823. The number of aliphatic carboxylic acids is 1. The normalized spacial score (nSPS) is 15.1. The number of hydrogen-bond donors (Lipinski definition) is 6. The Hall–Kier alpha value is -8.11. The summed E-state index contributed by atoms with van der Waals surface area (Å²) in [4.78, 5) is 77.3. The van der Waals surface area contributed by atoms with Gasteiger partial charge in [0.15, 0.2) is 0 Å². The molecule has 20 nitrogen and oxygen atoms in total. The Bertz CT molecular complexity index is 3130. The number of imide groups is 2. The molecule has 4 heterocycles. The van der Waals surface area contributed by atoms with Gasteiger partial charge in [-0.3, -0.25) is 39.0 Å². The average Bonchev–Trinajstić information content (AvgIpc) is 3.72. The first-order chi connectivity index (χ1) is 38.2. The third kappa shape index (κ3) is 14.5. The number of rotatable bonds is 29. The van der Waals surface area contributed by atoms with Gasteiger partial charge < -0.3 is 44.7 Å². The lowest BCUT2D eigenvalue weighted by Gasteiger charge is -2.27. The zero-order chi connectivity index (χ0) is 56.0. The monoisotopic (exact) mass is 1080 g/mol. The number of piperidine rings is 1. The van der Waals surface area contributed by atoms with E-state index in [-0.39, 0.29) is 55.2 Å². The van der Waals surface area contributed by atoms with Gasteiger partial charge in [-0.1, -0.05) is 55.5 Å². The second-order valence-corrected chi connectivity index (χ2v) is 19.7.